The minimum absolute atomic E-state index is 0.388. The zero-order valence-corrected chi connectivity index (χ0v) is 34.1. The average Bonchev–Trinajstić information content (AvgIpc) is 3.83. The van der Waals surface area contributed by atoms with E-state index in [1.807, 2.05) is 0 Å². The van der Waals surface area contributed by atoms with Crippen molar-refractivity contribution in [2.24, 2.45) is 0 Å². The summed E-state index contributed by atoms with van der Waals surface area (Å²) in [6.45, 7) is 0. The third-order valence-corrected chi connectivity index (χ3v) is 13.1. The van der Waals surface area contributed by atoms with Crippen molar-refractivity contribution >= 4 is 17.1 Å². The van der Waals surface area contributed by atoms with E-state index in [1.165, 1.54) is 89.0 Å². The first-order valence-electron chi connectivity index (χ1n) is 21.5. The number of para-hydroxylation sites is 2. The molecule has 1 spiro atoms. The largest absolute Gasteiger partial charge is 0.310 e. The SMILES string of the molecule is c1ccc(-c2cc(N(c3ccccc3)c3ccccc3)ccc2-c2cccc(-c3ccccc3-c3cccc4c3-c3ccccc3C43c4ccccc4-c4ccccc43)c2)cc1. The van der Waals surface area contributed by atoms with Crippen LogP contribution in [0.1, 0.15) is 22.3 Å². The lowest BCUT2D eigenvalue weighted by atomic mass is 9.70. The Morgan fingerprint density at radius 3 is 1.26 bits per heavy atom. The smallest absolute Gasteiger partial charge is 0.0725 e. The minimum Gasteiger partial charge on any atom is -0.310 e. The van der Waals surface area contributed by atoms with Crippen molar-refractivity contribution in [1.82, 2.24) is 0 Å². The third-order valence-electron chi connectivity index (χ3n) is 13.1. The molecule has 12 rings (SSSR count). The summed E-state index contributed by atoms with van der Waals surface area (Å²) in [5, 5.41) is 0. The van der Waals surface area contributed by atoms with Gasteiger partial charge in [0.15, 0.2) is 0 Å². The molecule has 0 bridgehead atoms. The maximum absolute atomic E-state index is 2.38. The second-order valence-electron chi connectivity index (χ2n) is 16.3. The Morgan fingerprint density at radius 2 is 0.645 bits per heavy atom. The molecule has 0 aliphatic heterocycles. The maximum atomic E-state index is 2.38. The van der Waals surface area contributed by atoms with E-state index in [1.54, 1.807) is 0 Å². The number of nitrogens with zero attached hydrogens (tertiary/aromatic N) is 1. The van der Waals surface area contributed by atoms with Crippen LogP contribution in [0.25, 0.3) is 66.8 Å². The van der Waals surface area contributed by atoms with Gasteiger partial charge in [-0.25, -0.2) is 0 Å². The Balaban J connectivity index is 1.02. The fourth-order valence-electron chi connectivity index (χ4n) is 10.6. The fraction of sp³-hybridized carbons (Fsp3) is 0.0164. The number of hydrogen-bond acceptors (Lipinski definition) is 1. The molecule has 0 amide bonds. The first-order valence-corrected chi connectivity index (χ1v) is 21.5. The van der Waals surface area contributed by atoms with Gasteiger partial charge in [0.1, 0.15) is 0 Å². The van der Waals surface area contributed by atoms with E-state index in [4.69, 9.17) is 0 Å². The van der Waals surface area contributed by atoms with Crippen molar-refractivity contribution < 1.29 is 0 Å². The van der Waals surface area contributed by atoms with Crippen molar-refractivity contribution in [2.75, 3.05) is 4.90 Å². The van der Waals surface area contributed by atoms with Gasteiger partial charge in [0.25, 0.3) is 0 Å². The van der Waals surface area contributed by atoms with Crippen LogP contribution in [0.5, 0.6) is 0 Å². The molecule has 10 aromatic rings. The van der Waals surface area contributed by atoms with Gasteiger partial charge in [-0.1, -0.05) is 206 Å². The molecule has 0 radical (unpaired) electrons. The molecule has 0 unspecified atom stereocenters. The van der Waals surface area contributed by atoms with Crippen LogP contribution >= 0.6 is 0 Å². The van der Waals surface area contributed by atoms with Crippen LogP contribution in [0.3, 0.4) is 0 Å². The molecule has 0 saturated heterocycles. The van der Waals surface area contributed by atoms with Crippen LogP contribution in [0.15, 0.2) is 249 Å². The second-order valence-corrected chi connectivity index (χ2v) is 16.3. The van der Waals surface area contributed by atoms with Gasteiger partial charge in [-0.2, -0.15) is 0 Å². The lowest BCUT2D eigenvalue weighted by Gasteiger charge is -2.30. The molecular formula is C61H41N. The third kappa shape index (κ3) is 5.49. The molecular weight excluding hydrogens is 747 g/mol. The molecule has 1 heteroatoms. The first-order chi connectivity index (χ1) is 30.8. The van der Waals surface area contributed by atoms with Crippen LogP contribution in [0, 0.1) is 0 Å². The summed E-state index contributed by atoms with van der Waals surface area (Å²) >= 11 is 0. The van der Waals surface area contributed by atoms with E-state index in [2.05, 4.69) is 254 Å². The van der Waals surface area contributed by atoms with Crippen LogP contribution in [-0.2, 0) is 5.41 Å². The Labute approximate surface area is 363 Å². The number of anilines is 3. The summed E-state index contributed by atoms with van der Waals surface area (Å²) in [6.07, 6.45) is 0. The predicted molar refractivity (Wildman–Crippen MR) is 259 cm³/mol. The molecule has 0 saturated carbocycles. The van der Waals surface area contributed by atoms with E-state index in [9.17, 15) is 0 Å². The molecule has 0 atom stereocenters. The summed E-state index contributed by atoms with van der Waals surface area (Å²) in [7, 11) is 0. The number of hydrogen-bond donors (Lipinski definition) is 0. The first kappa shape index (κ1) is 35.9. The highest BCUT2D eigenvalue weighted by Crippen LogP contribution is 2.64. The van der Waals surface area contributed by atoms with Crippen LogP contribution < -0.4 is 4.90 Å². The van der Waals surface area contributed by atoms with Gasteiger partial charge in [-0.3, -0.25) is 0 Å². The molecule has 2 aliphatic carbocycles. The molecule has 62 heavy (non-hydrogen) atoms. The van der Waals surface area contributed by atoms with Crippen molar-refractivity contribution in [3.63, 3.8) is 0 Å². The molecule has 10 aromatic carbocycles. The van der Waals surface area contributed by atoms with E-state index in [-0.39, 0.29) is 5.41 Å². The standard InChI is InChI=1S/C61H41N/c1-4-20-42(21-5-1)55-41-47(62(45-24-6-2-7-25-45)46-26-8-3-9-27-46)38-39-49(55)44-23-18-22-43(40-44)48-28-10-11-29-50(48)53-33-19-37-59-60(53)54-32-14-17-36-58(54)61(59)56-34-15-12-30-51(56)52-31-13-16-35-57(52)61/h1-41H. The Hall–Kier alpha value is -8.00. The highest BCUT2D eigenvalue weighted by molar-refractivity contribution is 6.02. The Morgan fingerprint density at radius 1 is 0.226 bits per heavy atom. The zero-order chi connectivity index (χ0) is 41.0. The van der Waals surface area contributed by atoms with Gasteiger partial charge in [0.05, 0.1) is 5.41 Å². The lowest BCUT2D eigenvalue weighted by molar-refractivity contribution is 0.794. The highest BCUT2D eigenvalue weighted by atomic mass is 15.1. The second kappa shape index (κ2) is 14.6. The fourth-order valence-corrected chi connectivity index (χ4v) is 10.6. The minimum atomic E-state index is -0.388. The molecule has 0 N–H and O–H groups in total. The van der Waals surface area contributed by atoms with Gasteiger partial charge in [-0.15, -0.1) is 0 Å². The van der Waals surface area contributed by atoms with Gasteiger partial charge < -0.3 is 4.90 Å². The van der Waals surface area contributed by atoms with Gasteiger partial charge in [0, 0.05) is 17.1 Å². The Kier molecular flexibility index (Phi) is 8.47. The van der Waals surface area contributed by atoms with Crippen LogP contribution in [-0.4, -0.2) is 0 Å². The van der Waals surface area contributed by atoms with E-state index < -0.39 is 0 Å². The molecule has 0 heterocycles. The molecule has 2 aliphatic rings. The quantitative estimate of drug-likeness (QED) is 0.155. The van der Waals surface area contributed by atoms with Crippen LogP contribution in [0.2, 0.25) is 0 Å². The van der Waals surface area contributed by atoms with Gasteiger partial charge >= 0.3 is 0 Å². The molecule has 0 aromatic heterocycles. The highest BCUT2D eigenvalue weighted by Gasteiger charge is 2.52. The van der Waals surface area contributed by atoms with E-state index in [0.717, 1.165) is 17.1 Å². The van der Waals surface area contributed by atoms with E-state index in [0.29, 0.717) is 0 Å². The summed E-state index contributed by atoms with van der Waals surface area (Å²) in [5.41, 5.74) is 23.3. The van der Waals surface area contributed by atoms with E-state index >= 15 is 0 Å². The van der Waals surface area contributed by atoms with Gasteiger partial charge in [0.2, 0.25) is 0 Å². The monoisotopic (exact) mass is 787 g/mol. The summed E-state index contributed by atoms with van der Waals surface area (Å²) < 4.78 is 0. The summed E-state index contributed by atoms with van der Waals surface area (Å²) in [4.78, 5) is 2.34. The van der Waals surface area contributed by atoms with Crippen LogP contribution in [0.4, 0.5) is 17.1 Å². The maximum Gasteiger partial charge on any atom is 0.0725 e. The Bertz CT molecular complexity index is 3210. The van der Waals surface area contributed by atoms with Crippen molar-refractivity contribution in [1.29, 1.82) is 0 Å². The van der Waals surface area contributed by atoms with Crippen molar-refractivity contribution in [3.05, 3.63) is 271 Å². The molecule has 1 nitrogen and oxygen atoms in total. The molecule has 290 valence electrons. The summed E-state index contributed by atoms with van der Waals surface area (Å²) in [5.74, 6) is 0. The van der Waals surface area contributed by atoms with Crippen molar-refractivity contribution in [2.45, 2.75) is 5.41 Å². The molecule has 0 fully saturated rings. The number of fused-ring (bicyclic) bond motifs is 10. The van der Waals surface area contributed by atoms with Gasteiger partial charge in [-0.05, 0) is 131 Å². The lowest BCUT2D eigenvalue weighted by Crippen LogP contribution is -2.25. The number of rotatable bonds is 7. The van der Waals surface area contributed by atoms with Crippen molar-refractivity contribution in [3.8, 4) is 66.8 Å². The summed E-state index contributed by atoms with van der Waals surface area (Å²) in [6, 6.07) is 91.3. The topological polar surface area (TPSA) is 3.24 Å². The normalized spacial score (nSPS) is 12.6. The zero-order valence-electron chi connectivity index (χ0n) is 34.1. The number of benzene rings is 10. The predicted octanol–water partition coefficient (Wildman–Crippen LogP) is 16.2. The average molecular weight is 788 g/mol.